The number of phosphoric ester groups is 1. The van der Waals surface area contributed by atoms with Gasteiger partial charge in [0.05, 0.1) is 13.2 Å². The van der Waals surface area contributed by atoms with Gasteiger partial charge >= 0.3 is 25.7 Å². The molecule has 0 saturated carbocycles. The predicted molar refractivity (Wildman–Crippen MR) is 240 cm³/mol. The van der Waals surface area contributed by atoms with Crippen molar-refractivity contribution in [1.82, 2.24) is 0 Å². The van der Waals surface area contributed by atoms with E-state index in [2.05, 4.69) is 79.1 Å². The van der Waals surface area contributed by atoms with Crippen LogP contribution in [-0.4, -0.2) is 59.9 Å². The number of allylic oxidation sites excluding steroid dienone is 12. The first-order chi connectivity index (χ1) is 28.6. The van der Waals surface area contributed by atoms with Crippen molar-refractivity contribution in [3.8, 4) is 0 Å². The van der Waals surface area contributed by atoms with E-state index < -0.39 is 51.1 Å². The minimum atomic E-state index is -4.74. The van der Waals surface area contributed by atoms with Crippen molar-refractivity contribution in [1.29, 1.82) is 0 Å². The minimum Gasteiger partial charge on any atom is -0.480 e. The summed E-state index contributed by atoms with van der Waals surface area (Å²) in [6.45, 7) is 2.68. The molecule has 0 radical (unpaired) electrons. The molecule has 1 unspecified atom stereocenters. The van der Waals surface area contributed by atoms with E-state index in [9.17, 15) is 23.8 Å². The zero-order chi connectivity index (χ0) is 43.5. The molecule has 0 spiro atoms. The summed E-state index contributed by atoms with van der Waals surface area (Å²) >= 11 is 0. The van der Waals surface area contributed by atoms with E-state index in [1.54, 1.807) is 0 Å². The number of phosphoric acid groups is 1. The molecule has 0 rings (SSSR count). The Hall–Kier alpha value is -3.08. The molecule has 4 N–H and O–H groups in total. The molecule has 12 heteroatoms. The fraction of sp³-hybridized carbons (Fsp3) is 0.681. The van der Waals surface area contributed by atoms with Crippen LogP contribution in [0.2, 0.25) is 0 Å². The van der Waals surface area contributed by atoms with Crippen molar-refractivity contribution in [2.45, 2.75) is 187 Å². The van der Waals surface area contributed by atoms with Crippen molar-refractivity contribution in [2.24, 2.45) is 5.73 Å². The smallest absolute Gasteiger partial charge is 0.472 e. The molecular weight excluding hydrogens is 769 g/mol. The summed E-state index contributed by atoms with van der Waals surface area (Å²) < 4.78 is 32.6. The van der Waals surface area contributed by atoms with Crippen molar-refractivity contribution in [3.05, 3.63) is 72.9 Å². The zero-order valence-corrected chi connectivity index (χ0v) is 37.5. The summed E-state index contributed by atoms with van der Waals surface area (Å²) in [6.07, 6.45) is 49.8. The second-order valence-electron chi connectivity index (χ2n) is 14.8. The standard InChI is InChI=1S/C47H80NO10P/c1-3-5-7-9-11-13-15-17-19-20-21-22-23-24-25-27-29-31-33-35-37-39-46(50)58-43(41-56-59(53,54)57-42-44(48)47(51)52)40-55-45(49)38-36-34-32-30-28-26-18-16-14-12-10-8-6-4-2/h10,12,16,18-20,22-23,25,27,31,33,43-44H,3-9,11,13-15,17,21,24,26,28-30,32,34-42,48H2,1-2H3,(H,51,52)(H,53,54)/b12-10+,18-16+,20-19+,23-22+,27-25+,33-31+/t43-,44-/m0/s1. The predicted octanol–water partition coefficient (Wildman–Crippen LogP) is 12.1. The third-order valence-corrected chi connectivity index (χ3v) is 10.1. The van der Waals surface area contributed by atoms with Gasteiger partial charge in [-0.1, -0.05) is 157 Å². The average Bonchev–Trinajstić information content (AvgIpc) is 3.21. The van der Waals surface area contributed by atoms with Crippen molar-refractivity contribution in [3.63, 3.8) is 0 Å². The molecule has 0 aliphatic carbocycles. The van der Waals surface area contributed by atoms with Gasteiger partial charge in [-0.05, 0) is 77.0 Å². The van der Waals surface area contributed by atoms with Gasteiger partial charge in [0.15, 0.2) is 6.10 Å². The first kappa shape index (κ1) is 55.9. The fourth-order valence-corrected chi connectivity index (χ4v) is 6.38. The van der Waals surface area contributed by atoms with Crippen molar-refractivity contribution in [2.75, 3.05) is 19.8 Å². The van der Waals surface area contributed by atoms with E-state index >= 15 is 0 Å². The van der Waals surface area contributed by atoms with Crippen molar-refractivity contribution < 1.29 is 47.5 Å². The average molecular weight is 850 g/mol. The quantitative estimate of drug-likeness (QED) is 0.0231. The van der Waals surface area contributed by atoms with Crippen LogP contribution in [0, 0.1) is 0 Å². The molecule has 0 aromatic heterocycles. The molecule has 3 atom stereocenters. The molecule has 0 bridgehead atoms. The van der Waals surface area contributed by atoms with Gasteiger partial charge < -0.3 is 25.2 Å². The van der Waals surface area contributed by atoms with Crippen molar-refractivity contribution >= 4 is 25.7 Å². The van der Waals surface area contributed by atoms with Gasteiger partial charge in [-0.15, -0.1) is 0 Å². The maximum atomic E-state index is 12.6. The Balaban J connectivity index is 4.47. The van der Waals surface area contributed by atoms with E-state index in [4.69, 9.17) is 24.8 Å². The minimum absolute atomic E-state index is 0.0789. The summed E-state index contributed by atoms with van der Waals surface area (Å²) in [5.74, 6) is -2.48. The van der Waals surface area contributed by atoms with Gasteiger partial charge in [0, 0.05) is 12.8 Å². The number of hydrogen-bond acceptors (Lipinski definition) is 9. The molecule has 59 heavy (non-hydrogen) atoms. The summed E-state index contributed by atoms with van der Waals surface area (Å²) in [5.41, 5.74) is 5.33. The molecule has 0 saturated heterocycles. The Bertz CT molecular complexity index is 1280. The highest BCUT2D eigenvalue weighted by Gasteiger charge is 2.28. The van der Waals surface area contributed by atoms with E-state index in [-0.39, 0.29) is 19.4 Å². The first-order valence-corrected chi connectivity index (χ1v) is 24.0. The lowest BCUT2D eigenvalue weighted by molar-refractivity contribution is -0.161. The number of carbonyl (C=O) groups is 3. The van der Waals surface area contributed by atoms with Crippen LogP contribution in [-0.2, 0) is 37.5 Å². The highest BCUT2D eigenvalue weighted by Crippen LogP contribution is 2.43. The topological polar surface area (TPSA) is 172 Å². The number of ether oxygens (including phenoxy) is 2. The monoisotopic (exact) mass is 850 g/mol. The molecule has 0 heterocycles. The van der Waals surface area contributed by atoms with E-state index in [0.29, 0.717) is 19.3 Å². The largest absolute Gasteiger partial charge is 0.480 e. The Morgan fingerprint density at radius 3 is 1.44 bits per heavy atom. The molecule has 0 aliphatic rings. The normalized spacial score (nSPS) is 14.4. The Labute approximate surface area is 357 Å². The summed E-state index contributed by atoms with van der Waals surface area (Å²) in [5, 5.41) is 8.89. The number of rotatable bonds is 41. The highest BCUT2D eigenvalue weighted by molar-refractivity contribution is 7.47. The second-order valence-corrected chi connectivity index (χ2v) is 16.3. The van der Waals surface area contributed by atoms with Gasteiger partial charge in [-0.3, -0.25) is 23.4 Å². The van der Waals surface area contributed by atoms with Crippen LogP contribution in [0.5, 0.6) is 0 Å². The van der Waals surface area contributed by atoms with Gasteiger partial charge in [0.2, 0.25) is 0 Å². The maximum absolute atomic E-state index is 12.6. The Kier molecular flexibility index (Phi) is 39.5. The number of hydrogen-bond donors (Lipinski definition) is 3. The number of carboxylic acid groups (broad SMARTS) is 1. The van der Waals surface area contributed by atoms with Crippen LogP contribution in [0.3, 0.4) is 0 Å². The van der Waals surface area contributed by atoms with Crippen LogP contribution in [0.4, 0.5) is 0 Å². The fourth-order valence-electron chi connectivity index (χ4n) is 5.60. The lowest BCUT2D eigenvalue weighted by atomic mass is 10.1. The number of aliphatic carboxylic acids is 1. The van der Waals surface area contributed by atoms with Gasteiger partial charge in [-0.25, -0.2) is 4.57 Å². The van der Waals surface area contributed by atoms with Crippen LogP contribution < -0.4 is 5.73 Å². The summed E-state index contributed by atoms with van der Waals surface area (Å²) in [6, 6.07) is -1.54. The second kappa shape index (κ2) is 41.6. The van der Waals surface area contributed by atoms with E-state index in [1.165, 1.54) is 64.2 Å². The summed E-state index contributed by atoms with van der Waals surface area (Å²) in [4.78, 5) is 45.9. The number of esters is 2. The number of unbranched alkanes of at least 4 members (excludes halogenated alkanes) is 15. The van der Waals surface area contributed by atoms with Gasteiger partial charge in [-0.2, -0.15) is 0 Å². The summed E-state index contributed by atoms with van der Waals surface area (Å²) in [7, 11) is -4.74. The third kappa shape index (κ3) is 41.4. The Morgan fingerprint density at radius 2 is 0.932 bits per heavy atom. The Morgan fingerprint density at radius 1 is 0.525 bits per heavy atom. The molecular formula is C47H80NO10P. The van der Waals surface area contributed by atoms with Crippen LogP contribution >= 0.6 is 7.82 Å². The number of nitrogens with two attached hydrogens (primary N) is 1. The zero-order valence-electron chi connectivity index (χ0n) is 36.6. The molecule has 0 aliphatic heterocycles. The molecule has 0 aromatic rings. The van der Waals surface area contributed by atoms with Crippen LogP contribution in [0.25, 0.3) is 0 Å². The lowest BCUT2D eigenvalue weighted by Gasteiger charge is -2.20. The first-order valence-electron chi connectivity index (χ1n) is 22.5. The SMILES string of the molecule is CCCC/C=C/C/C=C/CCCCCCCC(=O)OC[C@@H](COP(=O)(O)OC[C@H](N)C(=O)O)OC(=O)CCC/C=C/C/C=C/C/C=C/C/C=C/CCCCCCCCC. The number of carbonyl (C=O) groups excluding carboxylic acids is 2. The highest BCUT2D eigenvalue weighted by atomic mass is 31.2. The van der Waals surface area contributed by atoms with Crippen LogP contribution in [0.15, 0.2) is 72.9 Å². The molecule has 0 aromatic carbocycles. The molecule has 11 nitrogen and oxygen atoms in total. The third-order valence-electron chi connectivity index (χ3n) is 9.18. The van der Waals surface area contributed by atoms with Crippen LogP contribution in [0.1, 0.15) is 174 Å². The van der Waals surface area contributed by atoms with E-state index in [0.717, 1.165) is 64.2 Å². The maximum Gasteiger partial charge on any atom is 0.472 e. The number of carboxylic acids is 1. The molecule has 0 fully saturated rings. The lowest BCUT2D eigenvalue weighted by Crippen LogP contribution is -2.34. The van der Waals surface area contributed by atoms with E-state index in [1.807, 2.05) is 12.2 Å². The molecule has 338 valence electrons. The van der Waals surface area contributed by atoms with Gasteiger partial charge in [0.25, 0.3) is 0 Å². The van der Waals surface area contributed by atoms with Gasteiger partial charge in [0.1, 0.15) is 12.6 Å². The molecule has 0 amide bonds.